The van der Waals surface area contributed by atoms with Crippen molar-refractivity contribution in [3.05, 3.63) is 58.5 Å². The van der Waals surface area contributed by atoms with Crippen LogP contribution in [-0.2, 0) is 19.7 Å². The van der Waals surface area contributed by atoms with E-state index in [2.05, 4.69) is 15.4 Å². The Labute approximate surface area is 225 Å². The van der Waals surface area contributed by atoms with Crippen molar-refractivity contribution in [2.45, 2.75) is 44.1 Å². The lowest BCUT2D eigenvalue weighted by atomic mass is 9.90. The highest BCUT2D eigenvalue weighted by molar-refractivity contribution is 6.31. The highest BCUT2D eigenvalue weighted by Gasteiger charge is 2.51. The summed E-state index contributed by atoms with van der Waals surface area (Å²) in [7, 11) is 3.58. The van der Waals surface area contributed by atoms with E-state index in [1.807, 2.05) is 6.92 Å². The summed E-state index contributed by atoms with van der Waals surface area (Å²) in [5.74, 6) is 0.235. The van der Waals surface area contributed by atoms with E-state index in [9.17, 15) is 19.4 Å². The molecule has 1 amide bonds. The van der Waals surface area contributed by atoms with Gasteiger partial charge in [0.1, 0.15) is 17.1 Å². The van der Waals surface area contributed by atoms with Gasteiger partial charge in [-0.2, -0.15) is 0 Å². The number of carbonyl (C=O) groups is 1. The topological polar surface area (TPSA) is 114 Å². The van der Waals surface area contributed by atoms with Gasteiger partial charge in [-0.25, -0.2) is 9.37 Å². The number of benzene rings is 1. The van der Waals surface area contributed by atoms with Crippen molar-refractivity contribution < 1.29 is 24.1 Å². The number of aliphatic hydroxyl groups excluding tert-OH is 1. The number of hydrogen-bond acceptors (Lipinski definition) is 6. The minimum Gasteiger partial charge on any atom is -0.476 e. The Kier molecular flexibility index (Phi) is 7.23. The number of anilines is 1. The average molecular weight is 546 g/mol. The fraction of sp³-hybridized carbons (Fsp3) is 0.519. The Bertz CT molecular complexity index is 1330. The number of aliphatic hydroxyl groups is 2. The van der Waals surface area contributed by atoms with Crippen molar-refractivity contribution in [1.29, 1.82) is 0 Å². The van der Waals surface area contributed by atoms with Gasteiger partial charge in [0.2, 0.25) is 5.88 Å². The third-order valence-electron chi connectivity index (χ3n) is 7.95. The molecule has 0 bridgehead atoms. The van der Waals surface area contributed by atoms with Gasteiger partial charge in [0, 0.05) is 44.3 Å². The minimum absolute atomic E-state index is 0.00151. The zero-order chi connectivity index (χ0) is 27.2. The summed E-state index contributed by atoms with van der Waals surface area (Å²) in [4.78, 5) is 17.8. The van der Waals surface area contributed by atoms with Crippen molar-refractivity contribution >= 4 is 23.2 Å². The molecule has 0 spiro atoms. The van der Waals surface area contributed by atoms with Gasteiger partial charge in [-0.15, -0.1) is 5.10 Å². The van der Waals surface area contributed by atoms with Crippen LogP contribution in [0.3, 0.4) is 0 Å². The van der Waals surface area contributed by atoms with Crippen molar-refractivity contribution in [3.8, 4) is 5.88 Å². The molecule has 2 heterocycles. The first-order chi connectivity index (χ1) is 18.1. The first-order valence-corrected chi connectivity index (χ1v) is 13.2. The predicted molar refractivity (Wildman–Crippen MR) is 140 cm³/mol. The van der Waals surface area contributed by atoms with Gasteiger partial charge in [-0.3, -0.25) is 9.48 Å². The van der Waals surface area contributed by atoms with E-state index < -0.39 is 11.4 Å². The number of aromatic nitrogens is 4. The zero-order valence-corrected chi connectivity index (χ0v) is 22.5. The van der Waals surface area contributed by atoms with Gasteiger partial charge in [0.25, 0.3) is 5.91 Å². The highest BCUT2D eigenvalue weighted by atomic mass is 35.5. The first kappa shape index (κ1) is 26.6. The van der Waals surface area contributed by atoms with Crippen LogP contribution >= 0.6 is 11.6 Å². The van der Waals surface area contributed by atoms with Crippen molar-refractivity contribution in [3.63, 3.8) is 0 Å². The lowest BCUT2D eigenvalue weighted by Gasteiger charge is -2.24. The summed E-state index contributed by atoms with van der Waals surface area (Å²) < 4.78 is 22.6. The molecule has 2 aliphatic rings. The van der Waals surface area contributed by atoms with E-state index >= 15 is 0 Å². The first-order valence-electron chi connectivity index (χ1n) is 12.9. The number of halogens is 2. The van der Waals surface area contributed by atoms with E-state index in [4.69, 9.17) is 16.3 Å². The molecular formula is C27H33ClFN5O4. The van der Waals surface area contributed by atoms with Crippen LogP contribution in [0.2, 0.25) is 5.02 Å². The summed E-state index contributed by atoms with van der Waals surface area (Å²) in [6, 6.07) is 5.87. The molecule has 0 aliphatic heterocycles. The number of ether oxygens (including phenoxy) is 1. The number of aryl methyl sites for hydroxylation is 2. The Balaban J connectivity index is 1.27. The van der Waals surface area contributed by atoms with Crippen LogP contribution in [0.15, 0.2) is 30.6 Å². The number of amides is 1. The van der Waals surface area contributed by atoms with E-state index in [-0.39, 0.29) is 41.2 Å². The molecule has 0 saturated heterocycles. The summed E-state index contributed by atoms with van der Waals surface area (Å²) in [5, 5.41) is 28.0. The van der Waals surface area contributed by atoms with Gasteiger partial charge in [0.05, 0.1) is 29.3 Å². The lowest BCUT2D eigenvalue weighted by Crippen LogP contribution is -2.26. The van der Waals surface area contributed by atoms with Crippen LogP contribution in [0.1, 0.15) is 60.4 Å². The summed E-state index contributed by atoms with van der Waals surface area (Å²) >= 11 is 5.87. The molecule has 2 fully saturated rings. The molecule has 3 unspecified atom stereocenters. The van der Waals surface area contributed by atoms with Crippen LogP contribution in [0, 0.1) is 23.6 Å². The van der Waals surface area contributed by atoms with Crippen molar-refractivity contribution in [2.24, 2.45) is 31.8 Å². The van der Waals surface area contributed by atoms with Crippen LogP contribution in [0.5, 0.6) is 5.88 Å². The summed E-state index contributed by atoms with van der Waals surface area (Å²) in [6.45, 7) is 2.28. The summed E-state index contributed by atoms with van der Waals surface area (Å²) in [6.07, 6.45) is 4.48. The number of carbonyl (C=O) groups excluding carboxylic acids is 1. The van der Waals surface area contributed by atoms with Gasteiger partial charge >= 0.3 is 0 Å². The number of hydrogen-bond donors (Lipinski definition) is 3. The molecule has 0 radical (unpaired) electrons. The highest BCUT2D eigenvalue weighted by Crippen LogP contribution is 2.57. The van der Waals surface area contributed by atoms with E-state index in [1.165, 1.54) is 18.2 Å². The number of nitrogens with zero attached hydrogens (tertiary/aromatic N) is 4. The fourth-order valence-corrected chi connectivity index (χ4v) is 6.29. The molecule has 2 aliphatic carbocycles. The summed E-state index contributed by atoms with van der Waals surface area (Å²) in [5.41, 5.74) is 1.35. The maximum absolute atomic E-state index is 13.5. The molecule has 3 aromatic rings. The van der Waals surface area contributed by atoms with E-state index in [0.29, 0.717) is 36.7 Å². The third kappa shape index (κ3) is 5.04. The predicted octanol–water partition coefficient (Wildman–Crippen LogP) is 4.00. The molecule has 5 rings (SSSR count). The smallest absolute Gasteiger partial charge is 0.274 e. The SMILES string of the molecule is CC(CO)COc1cc(C2(O)CC3CC(c4ncn(C)c4C(=O)Nc4ccc(F)c(Cl)c4)CC3C2)n(C)n1. The van der Waals surface area contributed by atoms with E-state index in [0.717, 1.165) is 24.2 Å². The number of fused-ring (bicyclic) bond motifs is 1. The monoisotopic (exact) mass is 545 g/mol. The van der Waals surface area contributed by atoms with Gasteiger partial charge in [-0.05, 0) is 55.7 Å². The molecule has 9 nitrogen and oxygen atoms in total. The van der Waals surface area contributed by atoms with Crippen molar-refractivity contribution in [1.82, 2.24) is 19.3 Å². The molecule has 38 heavy (non-hydrogen) atoms. The average Bonchev–Trinajstić information content (AvgIpc) is 3.61. The second-order valence-electron chi connectivity index (χ2n) is 10.9. The quantitative estimate of drug-likeness (QED) is 0.394. The Hall–Kier alpha value is -2.95. The Morgan fingerprint density at radius 2 is 2.00 bits per heavy atom. The number of rotatable bonds is 8. The maximum Gasteiger partial charge on any atom is 0.274 e. The fourth-order valence-electron chi connectivity index (χ4n) is 6.11. The molecule has 204 valence electrons. The maximum atomic E-state index is 13.5. The van der Waals surface area contributed by atoms with Crippen LogP contribution < -0.4 is 10.1 Å². The van der Waals surface area contributed by atoms with Crippen LogP contribution in [0.25, 0.3) is 0 Å². The Morgan fingerprint density at radius 3 is 2.66 bits per heavy atom. The number of nitrogens with one attached hydrogen (secondary N) is 1. The molecule has 2 aromatic heterocycles. The van der Waals surface area contributed by atoms with Gasteiger partial charge < -0.3 is 24.8 Å². The largest absolute Gasteiger partial charge is 0.476 e. The lowest BCUT2D eigenvalue weighted by molar-refractivity contribution is 0.0263. The van der Waals surface area contributed by atoms with Gasteiger partial charge in [-0.1, -0.05) is 18.5 Å². The van der Waals surface area contributed by atoms with E-state index in [1.54, 1.807) is 35.7 Å². The second-order valence-corrected chi connectivity index (χ2v) is 11.3. The van der Waals surface area contributed by atoms with Crippen molar-refractivity contribution in [2.75, 3.05) is 18.5 Å². The molecule has 2 saturated carbocycles. The Morgan fingerprint density at radius 1 is 1.29 bits per heavy atom. The standard InChI is InChI=1S/C27H33ClFN5O4/c1-15(12-35)13-38-23-9-22(34(3)32-23)27(37)10-17-6-16(7-18(17)11-27)24-25(33(2)14-30-24)26(36)31-19-4-5-21(29)20(28)8-19/h4-5,8-9,14-18,35,37H,6-7,10-13H2,1-3H3,(H,31,36). The second kappa shape index (κ2) is 10.3. The zero-order valence-electron chi connectivity index (χ0n) is 21.7. The molecular weight excluding hydrogens is 513 g/mol. The van der Waals surface area contributed by atoms with Crippen LogP contribution in [-0.4, -0.2) is 48.7 Å². The molecule has 1 aromatic carbocycles. The normalized spacial score (nSPS) is 25.4. The molecule has 3 N–H and O–H groups in total. The molecule has 11 heteroatoms. The number of imidazole rings is 1. The third-order valence-corrected chi connectivity index (χ3v) is 8.24. The van der Waals surface area contributed by atoms with Crippen LogP contribution in [0.4, 0.5) is 10.1 Å². The minimum atomic E-state index is -1.00. The van der Waals surface area contributed by atoms with Gasteiger partial charge in [0.15, 0.2) is 0 Å². The molecule has 3 atom stereocenters.